The van der Waals surface area contributed by atoms with E-state index >= 15 is 0 Å². The molecule has 0 aliphatic carbocycles. The Morgan fingerprint density at radius 3 is 2.36 bits per heavy atom. The van der Waals surface area contributed by atoms with Gasteiger partial charge in [-0.3, -0.25) is 4.79 Å². The summed E-state index contributed by atoms with van der Waals surface area (Å²) in [5.74, 6) is 0. The molecular weight excluding hydrogens is 198 g/mol. The van der Waals surface area contributed by atoms with Gasteiger partial charge < -0.3 is 5.73 Å². The lowest BCUT2D eigenvalue weighted by Gasteiger charge is -2.04. The van der Waals surface area contributed by atoms with E-state index in [-0.39, 0.29) is 0 Å². The zero-order valence-electron chi connectivity index (χ0n) is 7.33. The second-order valence-corrected chi connectivity index (χ2v) is 3.36. The fraction of sp³-hybridized carbons (Fsp3) is 0. The van der Waals surface area contributed by atoms with Gasteiger partial charge in [0, 0.05) is 16.6 Å². The summed E-state index contributed by atoms with van der Waals surface area (Å²) in [5.41, 5.74) is 6.92. The van der Waals surface area contributed by atoms with Gasteiger partial charge in [-0.15, -0.1) is 0 Å². The quantitative estimate of drug-likeness (QED) is 0.575. The number of carbonyl (C=O) groups is 1. The lowest BCUT2D eigenvalue weighted by Crippen LogP contribution is -1.94. The first kappa shape index (κ1) is 9.03. The van der Waals surface area contributed by atoms with Gasteiger partial charge in [0.2, 0.25) is 0 Å². The Kier molecular flexibility index (Phi) is 2.14. The molecule has 0 bridgehead atoms. The van der Waals surface area contributed by atoms with E-state index in [2.05, 4.69) is 0 Å². The maximum Gasteiger partial charge on any atom is 0.253 e. The van der Waals surface area contributed by atoms with Crippen LogP contribution in [0.2, 0.25) is 0 Å². The predicted octanol–water partition coefficient (Wildman–Crippen LogP) is 2.80. The first-order chi connectivity index (χ1) is 6.70. The number of nitrogens with two attached hydrogens (primary N) is 1. The number of hydrogen-bond acceptors (Lipinski definition) is 2. The zero-order valence-corrected chi connectivity index (χ0v) is 8.08. The lowest BCUT2D eigenvalue weighted by molar-refractivity contribution is 0.108. The number of nitrogen functional groups attached to an aromatic ring is 1. The normalized spacial score (nSPS) is 10.4. The molecule has 0 saturated carbocycles. The molecule has 3 heteroatoms. The third kappa shape index (κ3) is 1.34. The Bertz CT molecular complexity index is 508. The van der Waals surface area contributed by atoms with Gasteiger partial charge in [0.25, 0.3) is 5.24 Å². The summed E-state index contributed by atoms with van der Waals surface area (Å²) >= 11 is 5.45. The molecule has 0 unspecified atom stereocenters. The number of fused-ring (bicyclic) bond motifs is 1. The van der Waals surface area contributed by atoms with Crippen LogP contribution < -0.4 is 5.73 Å². The number of halogens is 1. The average molecular weight is 206 g/mol. The van der Waals surface area contributed by atoms with Gasteiger partial charge in [0.05, 0.1) is 0 Å². The molecule has 0 radical (unpaired) electrons. The van der Waals surface area contributed by atoms with Crippen LogP contribution in [0, 0.1) is 0 Å². The van der Waals surface area contributed by atoms with Crippen LogP contribution in [0.5, 0.6) is 0 Å². The highest BCUT2D eigenvalue weighted by Crippen LogP contribution is 2.25. The molecule has 2 nitrogen and oxygen atoms in total. The van der Waals surface area contributed by atoms with Crippen molar-refractivity contribution in [1.82, 2.24) is 0 Å². The third-order valence-electron chi connectivity index (χ3n) is 2.17. The van der Waals surface area contributed by atoms with Crippen molar-refractivity contribution in [2.75, 3.05) is 5.73 Å². The van der Waals surface area contributed by atoms with Crippen molar-refractivity contribution < 1.29 is 4.79 Å². The van der Waals surface area contributed by atoms with Crippen molar-refractivity contribution in [2.45, 2.75) is 0 Å². The molecule has 0 amide bonds. The standard InChI is InChI=1S/C11H8ClNO/c12-11(14)9-5-6-10(13)8-4-2-1-3-7(8)9/h1-6H,13H2. The van der Waals surface area contributed by atoms with Crippen molar-refractivity contribution >= 4 is 33.3 Å². The number of hydrogen-bond donors (Lipinski definition) is 1. The fourth-order valence-corrected chi connectivity index (χ4v) is 1.66. The van der Waals surface area contributed by atoms with Gasteiger partial charge in [-0.1, -0.05) is 24.3 Å². The monoisotopic (exact) mass is 205 g/mol. The molecule has 0 aliphatic rings. The Morgan fingerprint density at radius 2 is 1.71 bits per heavy atom. The highest BCUT2D eigenvalue weighted by Gasteiger charge is 2.07. The van der Waals surface area contributed by atoms with Crippen molar-refractivity contribution in [3.05, 3.63) is 42.0 Å². The Morgan fingerprint density at radius 1 is 1.07 bits per heavy atom. The molecule has 2 rings (SSSR count). The number of rotatable bonds is 1. The first-order valence-corrected chi connectivity index (χ1v) is 4.55. The van der Waals surface area contributed by atoms with E-state index in [0.717, 1.165) is 10.8 Å². The van der Waals surface area contributed by atoms with Crippen LogP contribution in [-0.2, 0) is 0 Å². The van der Waals surface area contributed by atoms with Crippen LogP contribution in [-0.4, -0.2) is 5.24 Å². The Labute approximate surface area is 86.3 Å². The van der Waals surface area contributed by atoms with E-state index < -0.39 is 5.24 Å². The van der Waals surface area contributed by atoms with Crippen LogP contribution in [0.3, 0.4) is 0 Å². The summed E-state index contributed by atoms with van der Waals surface area (Å²) in [4.78, 5) is 11.1. The minimum Gasteiger partial charge on any atom is -0.398 e. The highest BCUT2D eigenvalue weighted by molar-refractivity contribution is 6.68. The minimum atomic E-state index is -0.457. The second kappa shape index (κ2) is 3.31. The van der Waals surface area contributed by atoms with Crippen LogP contribution >= 0.6 is 11.6 Å². The molecule has 70 valence electrons. The van der Waals surface area contributed by atoms with Gasteiger partial charge in [0.15, 0.2) is 0 Å². The molecule has 0 atom stereocenters. The molecule has 2 N–H and O–H groups in total. The summed E-state index contributed by atoms with van der Waals surface area (Å²) in [6.45, 7) is 0. The molecule has 2 aromatic rings. The van der Waals surface area contributed by atoms with Gasteiger partial charge in [-0.05, 0) is 29.1 Å². The van der Waals surface area contributed by atoms with Crippen LogP contribution in [0.15, 0.2) is 36.4 Å². The molecule has 0 aromatic heterocycles. The largest absolute Gasteiger partial charge is 0.398 e. The van der Waals surface area contributed by atoms with Crippen molar-refractivity contribution in [2.24, 2.45) is 0 Å². The zero-order chi connectivity index (χ0) is 10.1. The summed E-state index contributed by atoms with van der Waals surface area (Å²) in [7, 11) is 0. The molecule has 0 saturated heterocycles. The maximum atomic E-state index is 11.1. The molecular formula is C11H8ClNO. The van der Waals surface area contributed by atoms with E-state index in [1.54, 1.807) is 12.1 Å². The second-order valence-electron chi connectivity index (χ2n) is 3.02. The van der Waals surface area contributed by atoms with Crippen LogP contribution in [0.4, 0.5) is 5.69 Å². The number of benzene rings is 2. The van der Waals surface area contributed by atoms with Crippen molar-refractivity contribution in [1.29, 1.82) is 0 Å². The smallest absolute Gasteiger partial charge is 0.253 e. The van der Waals surface area contributed by atoms with E-state index in [4.69, 9.17) is 17.3 Å². The Hall–Kier alpha value is -1.54. The van der Waals surface area contributed by atoms with Gasteiger partial charge in [-0.2, -0.15) is 0 Å². The van der Waals surface area contributed by atoms with Crippen molar-refractivity contribution in [3.63, 3.8) is 0 Å². The minimum absolute atomic E-state index is 0.457. The first-order valence-electron chi connectivity index (χ1n) is 4.17. The third-order valence-corrected chi connectivity index (χ3v) is 2.37. The Balaban J connectivity index is 2.88. The molecule has 0 fully saturated rings. The maximum absolute atomic E-state index is 11.1. The summed E-state index contributed by atoms with van der Waals surface area (Å²) in [6.07, 6.45) is 0. The summed E-state index contributed by atoms with van der Waals surface area (Å²) in [6, 6.07) is 10.8. The molecule has 0 aliphatic heterocycles. The summed E-state index contributed by atoms with van der Waals surface area (Å²) in [5, 5.41) is 1.20. The fourth-order valence-electron chi connectivity index (χ4n) is 1.49. The topological polar surface area (TPSA) is 43.1 Å². The van der Waals surface area contributed by atoms with Gasteiger partial charge in [-0.25, -0.2) is 0 Å². The van der Waals surface area contributed by atoms with Crippen LogP contribution in [0.1, 0.15) is 10.4 Å². The molecule has 14 heavy (non-hydrogen) atoms. The predicted molar refractivity (Wildman–Crippen MR) is 58.5 cm³/mol. The molecule has 0 spiro atoms. The van der Waals surface area contributed by atoms with Crippen molar-refractivity contribution in [3.8, 4) is 0 Å². The van der Waals surface area contributed by atoms with E-state index in [9.17, 15) is 4.79 Å². The molecule has 2 aromatic carbocycles. The van der Waals surface area contributed by atoms with Gasteiger partial charge in [0.1, 0.15) is 0 Å². The van der Waals surface area contributed by atoms with E-state index in [1.165, 1.54) is 0 Å². The lowest BCUT2D eigenvalue weighted by atomic mass is 10.0. The van der Waals surface area contributed by atoms with E-state index in [1.807, 2.05) is 24.3 Å². The SMILES string of the molecule is Nc1ccc(C(=O)Cl)c2ccccc12. The highest BCUT2D eigenvalue weighted by atomic mass is 35.5. The van der Waals surface area contributed by atoms with Gasteiger partial charge >= 0.3 is 0 Å². The molecule has 0 heterocycles. The van der Waals surface area contributed by atoms with Crippen LogP contribution in [0.25, 0.3) is 10.8 Å². The summed E-state index contributed by atoms with van der Waals surface area (Å²) < 4.78 is 0. The van der Waals surface area contributed by atoms with E-state index in [0.29, 0.717) is 11.3 Å². The number of anilines is 1. The average Bonchev–Trinajstić information content (AvgIpc) is 2.18. The number of carbonyl (C=O) groups excluding carboxylic acids is 1.